The minimum Gasteiger partial charge on any atom is -0.481 e. The van der Waals surface area contributed by atoms with Gasteiger partial charge in [-0.2, -0.15) is 0 Å². The Morgan fingerprint density at radius 2 is 1.59 bits per heavy atom. The molecule has 0 aliphatic carbocycles. The molecule has 0 saturated heterocycles. The number of primary amides is 2. The van der Waals surface area contributed by atoms with E-state index in [-0.39, 0.29) is 16.5 Å². The van der Waals surface area contributed by atoms with Gasteiger partial charge in [0.2, 0.25) is 11.7 Å². The van der Waals surface area contributed by atoms with Crippen LogP contribution >= 0.6 is 11.3 Å². The van der Waals surface area contributed by atoms with Crippen molar-refractivity contribution in [2.24, 2.45) is 11.5 Å². The maximum atomic E-state index is 13.1. The van der Waals surface area contributed by atoms with Crippen LogP contribution in [-0.2, 0) is 9.59 Å². The number of nitrogen functional groups attached to an aromatic ring is 1. The van der Waals surface area contributed by atoms with Gasteiger partial charge < -0.3 is 26.8 Å². The quantitative estimate of drug-likeness (QED) is 0.420. The van der Waals surface area contributed by atoms with Gasteiger partial charge in [0.25, 0.3) is 5.91 Å². The van der Waals surface area contributed by atoms with Gasteiger partial charge in [-0.1, -0.05) is 29.5 Å². The van der Waals surface area contributed by atoms with Gasteiger partial charge in [-0.05, 0) is 50.2 Å². The number of nitrogens with two attached hydrogens (primary N) is 3. The molecule has 0 aliphatic heterocycles. The van der Waals surface area contributed by atoms with E-state index in [2.05, 4.69) is 4.98 Å². The molecule has 2 atom stereocenters. The number of rotatable bonds is 9. The maximum absolute atomic E-state index is 13.1. The second-order valence-electron chi connectivity index (χ2n) is 7.01. The molecule has 166 valence electrons. The van der Waals surface area contributed by atoms with E-state index in [0.29, 0.717) is 22.1 Å². The number of carbonyl (C=O) groups excluding carboxylic acids is 3. The van der Waals surface area contributed by atoms with Crippen molar-refractivity contribution in [1.29, 1.82) is 0 Å². The molecule has 2 amide bonds. The predicted octanol–water partition coefficient (Wildman–Crippen LogP) is 2.22. The fourth-order valence-corrected chi connectivity index (χ4v) is 3.93. The number of carbonyl (C=O) groups is 3. The van der Waals surface area contributed by atoms with E-state index >= 15 is 0 Å². The number of nitrogens with zero attached hydrogens (tertiary/aromatic N) is 2. The van der Waals surface area contributed by atoms with Gasteiger partial charge in [0.05, 0.1) is 0 Å². The summed E-state index contributed by atoms with van der Waals surface area (Å²) in [6.45, 7) is 3.19. The molecule has 2 aromatic carbocycles. The number of benzene rings is 2. The van der Waals surface area contributed by atoms with Crippen molar-refractivity contribution in [3.63, 3.8) is 0 Å². The Morgan fingerprint density at radius 1 is 0.969 bits per heavy atom. The van der Waals surface area contributed by atoms with Crippen LogP contribution in [0.15, 0.2) is 54.6 Å². The van der Waals surface area contributed by atoms with Crippen LogP contribution in [0, 0.1) is 0 Å². The van der Waals surface area contributed by atoms with Crippen LogP contribution in [0.2, 0.25) is 0 Å². The van der Waals surface area contributed by atoms with Crippen LogP contribution in [0.4, 0.5) is 16.6 Å². The Bertz CT molecular complexity index is 1130. The molecule has 32 heavy (non-hydrogen) atoms. The highest BCUT2D eigenvalue weighted by Gasteiger charge is 2.27. The molecule has 0 bridgehead atoms. The fourth-order valence-electron chi connectivity index (χ4n) is 2.88. The fraction of sp³-hybridized carbons (Fsp3) is 0.182. The van der Waals surface area contributed by atoms with E-state index in [1.807, 2.05) is 30.3 Å². The van der Waals surface area contributed by atoms with Crippen molar-refractivity contribution in [1.82, 2.24) is 4.98 Å². The molecule has 0 aliphatic rings. The molecule has 0 radical (unpaired) electrons. The molecule has 6 N–H and O–H groups in total. The minimum absolute atomic E-state index is 0.0512. The van der Waals surface area contributed by atoms with Gasteiger partial charge in [-0.25, -0.2) is 4.98 Å². The number of ether oxygens (including phenoxy) is 1. The number of para-hydroxylation sites is 1. The van der Waals surface area contributed by atoms with E-state index < -0.39 is 24.0 Å². The highest BCUT2D eigenvalue weighted by molar-refractivity contribution is 7.18. The SMILES string of the molecule is CC(C(N)=O)N(c1ccccc1)c1nc(N)c(C(=O)c2ccc(O[C@@H](C)C(N)=O)cc2)s1. The summed E-state index contributed by atoms with van der Waals surface area (Å²) in [6, 6.07) is 14.6. The number of ketones is 1. The molecule has 10 heteroatoms. The Morgan fingerprint density at radius 3 is 2.16 bits per heavy atom. The Kier molecular flexibility index (Phi) is 6.74. The average molecular weight is 454 g/mol. The van der Waals surface area contributed by atoms with Crippen molar-refractivity contribution in [2.75, 3.05) is 10.6 Å². The second kappa shape index (κ2) is 9.48. The lowest BCUT2D eigenvalue weighted by Gasteiger charge is -2.26. The van der Waals surface area contributed by atoms with Crippen molar-refractivity contribution < 1.29 is 19.1 Å². The topological polar surface area (TPSA) is 155 Å². The first kappa shape index (κ1) is 22.8. The van der Waals surface area contributed by atoms with E-state index in [4.69, 9.17) is 21.9 Å². The summed E-state index contributed by atoms with van der Waals surface area (Å²) in [5.41, 5.74) is 17.8. The molecule has 0 saturated carbocycles. The third-order valence-corrected chi connectivity index (χ3v) is 5.79. The molecular weight excluding hydrogens is 430 g/mol. The van der Waals surface area contributed by atoms with Gasteiger partial charge in [-0.3, -0.25) is 14.4 Å². The summed E-state index contributed by atoms with van der Waals surface area (Å²) >= 11 is 1.07. The van der Waals surface area contributed by atoms with Crippen molar-refractivity contribution >= 4 is 45.6 Å². The molecule has 1 heterocycles. The van der Waals surface area contributed by atoms with Crippen LogP contribution in [0.3, 0.4) is 0 Å². The summed E-state index contributed by atoms with van der Waals surface area (Å²) in [6.07, 6.45) is -0.799. The first-order valence-corrected chi connectivity index (χ1v) is 10.5. The van der Waals surface area contributed by atoms with Gasteiger partial charge in [-0.15, -0.1) is 0 Å². The molecule has 1 aromatic heterocycles. The summed E-state index contributed by atoms with van der Waals surface area (Å²) < 4.78 is 5.40. The smallest absolute Gasteiger partial charge is 0.258 e. The van der Waals surface area contributed by atoms with Crippen LogP contribution in [0.5, 0.6) is 5.75 Å². The van der Waals surface area contributed by atoms with E-state index in [0.717, 1.165) is 11.3 Å². The predicted molar refractivity (Wildman–Crippen MR) is 123 cm³/mol. The Labute approximate surface area is 188 Å². The van der Waals surface area contributed by atoms with Gasteiger partial charge in [0.15, 0.2) is 11.2 Å². The van der Waals surface area contributed by atoms with Gasteiger partial charge in [0.1, 0.15) is 22.5 Å². The van der Waals surface area contributed by atoms with Gasteiger partial charge >= 0.3 is 0 Å². The van der Waals surface area contributed by atoms with Crippen LogP contribution in [-0.4, -0.2) is 34.7 Å². The number of thiazole rings is 1. The third kappa shape index (κ3) is 4.86. The molecule has 0 fully saturated rings. The summed E-state index contributed by atoms with van der Waals surface area (Å²) in [5, 5.41) is 0.374. The van der Waals surface area contributed by atoms with Crippen LogP contribution in [0.1, 0.15) is 29.1 Å². The van der Waals surface area contributed by atoms with Crippen LogP contribution in [0.25, 0.3) is 0 Å². The van der Waals surface area contributed by atoms with Crippen molar-refractivity contribution in [3.05, 3.63) is 65.0 Å². The molecule has 9 nitrogen and oxygen atoms in total. The number of hydrogen-bond donors (Lipinski definition) is 3. The first-order chi connectivity index (χ1) is 15.2. The lowest BCUT2D eigenvalue weighted by atomic mass is 10.1. The number of aromatic nitrogens is 1. The molecule has 3 rings (SSSR count). The second-order valence-corrected chi connectivity index (χ2v) is 7.99. The van der Waals surface area contributed by atoms with Crippen molar-refractivity contribution in [2.45, 2.75) is 26.0 Å². The van der Waals surface area contributed by atoms with E-state index in [9.17, 15) is 14.4 Å². The molecular formula is C22H23N5O4S. The largest absolute Gasteiger partial charge is 0.481 e. The van der Waals surface area contributed by atoms with Crippen molar-refractivity contribution in [3.8, 4) is 5.75 Å². The lowest BCUT2D eigenvalue weighted by Crippen LogP contribution is -2.39. The van der Waals surface area contributed by atoms with E-state index in [1.54, 1.807) is 36.1 Å². The van der Waals surface area contributed by atoms with E-state index in [1.165, 1.54) is 6.92 Å². The number of hydrogen-bond acceptors (Lipinski definition) is 8. The third-order valence-electron chi connectivity index (χ3n) is 4.72. The molecule has 1 unspecified atom stereocenters. The Balaban J connectivity index is 1.90. The maximum Gasteiger partial charge on any atom is 0.258 e. The standard InChI is InChI=1S/C22H23N5O4S/c1-12(20(24)29)27(15-6-4-3-5-7-15)22-26-19(23)18(32-22)17(28)14-8-10-16(11-9-14)31-13(2)21(25)30/h3-13H,23H2,1-2H3,(H2,24,29)(H2,25,30)/t12?,13-/m0/s1. The Hall–Kier alpha value is -3.92. The summed E-state index contributed by atoms with van der Waals surface area (Å²) in [7, 11) is 0. The number of anilines is 3. The minimum atomic E-state index is -0.799. The lowest BCUT2D eigenvalue weighted by molar-refractivity contribution is -0.124. The zero-order valence-corrected chi connectivity index (χ0v) is 18.3. The zero-order valence-electron chi connectivity index (χ0n) is 17.5. The molecule has 0 spiro atoms. The molecule has 3 aromatic rings. The highest BCUT2D eigenvalue weighted by Crippen LogP contribution is 2.35. The van der Waals surface area contributed by atoms with Crippen LogP contribution < -0.4 is 26.8 Å². The summed E-state index contributed by atoms with van der Waals surface area (Å²) in [4.78, 5) is 42.3. The average Bonchev–Trinajstić information content (AvgIpc) is 3.15. The monoisotopic (exact) mass is 453 g/mol. The zero-order chi connectivity index (χ0) is 23.4. The highest BCUT2D eigenvalue weighted by atomic mass is 32.1. The number of amides is 2. The first-order valence-electron chi connectivity index (χ1n) is 9.69. The normalized spacial score (nSPS) is 12.6. The summed E-state index contributed by atoms with van der Waals surface area (Å²) in [5.74, 6) is -1.02. The van der Waals surface area contributed by atoms with Gasteiger partial charge in [0, 0.05) is 11.3 Å².